The Morgan fingerprint density at radius 1 is 0.336 bits per heavy atom. The second-order valence-corrected chi connectivity index (χ2v) is 50.7. The zero-order chi connectivity index (χ0) is 87.6. The monoisotopic (exact) mass is 1840 g/mol. The van der Waals surface area contributed by atoms with E-state index in [1.54, 1.807) is 43.6 Å². The fraction of sp³-hybridized carbons (Fsp3) is 0.711. The molecule has 12 heterocycles. The highest BCUT2D eigenvalue weighted by Crippen LogP contribution is 2.45. The van der Waals surface area contributed by atoms with Crippen molar-refractivity contribution in [1.82, 2.24) is 78.1 Å². The molecule has 42 heteroatoms. The maximum atomic E-state index is 10.7. The van der Waals surface area contributed by atoms with Crippen LogP contribution in [0.2, 0.25) is 0 Å². The number of ether oxygens (including phenoxy) is 9. The molecular formula is C83H151N21O17P4. The van der Waals surface area contributed by atoms with Crippen LogP contribution < -0.4 is 27.0 Å². The molecule has 0 bridgehead atoms. The molecule has 4 fully saturated rings. The molecule has 0 aliphatic carbocycles. The number of nitrogens with zero attached hydrogens (tertiary/aromatic N) is 16. The normalized spacial score (nSPS) is 23.7. The van der Waals surface area contributed by atoms with Gasteiger partial charge in [0, 0.05) is 39.4 Å². The maximum Gasteiger partial charge on any atom is 0.167 e. The Morgan fingerprint density at radius 3 is 0.832 bits per heavy atom. The van der Waals surface area contributed by atoms with Crippen molar-refractivity contribution in [1.29, 1.82) is 0 Å². The predicted molar refractivity (Wildman–Crippen MR) is 511 cm³/mol. The summed E-state index contributed by atoms with van der Waals surface area (Å²) < 4.78 is 58.1. The molecular weight excluding hydrogens is 1690 g/mol. The summed E-state index contributed by atoms with van der Waals surface area (Å²) in [5.74, 6) is 2.55. The van der Waals surface area contributed by atoms with Gasteiger partial charge in [-0.15, -0.1) is 52.7 Å². The zero-order valence-corrected chi connectivity index (χ0v) is 75.8. The summed E-state index contributed by atoms with van der Waals surface area (Å²) in [5.41, 5.74) is 10.1. The molecule has 8 aromatic heterocycles. The summed E-state index contributed by atoms with van der Waals surface area (Å²) in [5, 5.41) is 96.9. The quantitative estimate of drug-likeness (QED) is 0.0130. The third kappa shape index (κ3) is 31.9. The molecule has 0 aromatic carbocycles. The summed E-state index contributed by atoms with van der Waals surface area (Å²) in [6, 6.07) is 0. The van der Waals surface area contributed by atoms with Gasteiger partial charge < -0.3 is 110 Å². The fourth-order valence-corrected chi connectivity index (χ4v) is 17.5. The molecule has 38 nitrogen and oxygen atoms in total. The average Bonchev–Trinajstić information content (AvgIpc) is 1.64. The van der Waals surface area contributed by atoms with Crippen LogP contribution in [0.5, 0.6) is 0 Å². The van der Waals surface area contributed by atoms with Gasteiger partial charge in [-0.3, -0.25) is 18.3 Å². The van der Waals surface area contributed by atoms with Crippen LogP contribution in [-0.4, -0.2) is 394 Å². The van der Waals surface area contributed by atoms with Crippen molar-refractivity contribution in [3.8, 4) is 0 Å². The van der Waals surface area contributed by atoms with Gasteiger partial charge in [-0.2, -0.15) is 0 Å². The lowest BCUT2D eigenvalue weighted by Crippen LogP contribution is -2.31. The van der Waals surface area contributed by atoms with E-state index in [9.17, 15) is 40.9 Å². The number of aliphatic hydroxyl groups excluding tert-OH is 8. The number of hydrogen-bond donors (Lipinski definition) is 13. The summed E-state index contributed by atoms with van der Waals surface area (Å²) in [4.78, 5) is 51.9. The smallest absolute Gasteiger partial charge is 0.167 e. The number of nitrogens with two attached hydrogens (primary N) is 1. The van der Waals surface area contributed by atoms with Crippen LogP contribution in [0.4, 0.5) is 23.3 Å². The van der Waals surface area contributed by atoms with Gasteiger partial charge in [-0.25, -0.2) is 59.8 Å². The highest BCUT2D eigenvalue weighted by atomic mass is 31.2. The number of aliphatic hydroxyl groups is 8. The van der Waals surface area contributed by atoms with E-state index < -0.39 is 126 Å². The second kappa shape index (κ2) is 52.7. The van der Waals surface area contributed by atoms with E-state index in [1.165, 1.54) is 25.3 Å². The number of anilines is 4. The molecule has 12 rings (SSSR count). The first-order chi connectivity index (χ1) is 57.8. The molecule has 710 valence electrons. The Bertz CT molecular complexity index is 4640. The minimum absolute atomic E-state index is 0. The van der Waals surface area contributed by atoms with E-state index in [1.807, 2.05) is 6.92 Å². The lowest BCUT2D eigenvalue weighted by Gasteiger charge is -2.18. The van der Waals surface area contributed by atoms with Crippen molar-refractivity contribution < 1.29 is 83.5 Å². The molecule has 4 aliphatic rings. The van der Waals surface area contributed by atoms with Crippen molar-refractivity contribution in [2.24, 2.45) is 5.73 Å². The molecule has 0 radical (unpaired) electrons. The maximum absolute atomic E-state index is 10.7. The average molecular weight is 1840 g/mol. The number of imidazole rings is 4. The third-order valence-electron chi connectivity index (χ3n) is 20.4. The highest BCUT2D eigenvalue weighted by molar-refractivity contribution is 7.73. The van der Waals surface area contributed by atoms with Gasteiger partial charge >= 0.3 is 0 Å². The van der Waals surface area contributed by atoms with Crippen molar-refractivity contribution in [2.45, 2.75) is 206 Å². The van der Waals surface area contributed by atoms with Gasteiger partial charge in [0.2, 0.25) is 0 Å². The number of hydrogen-bond acceptors (Lipinski definition) is 34. The number of fused-ring (bicyclic) bond motifs is 4. The molecule has 125 heavy (non-hydrogen) atoms. The first-order valence-corrected chi connectivity index (χ1v) is 54.0. The van der Waals surface area contributed by atoms with Crippen LogP contribution in [-0.2, 0) is 42.6 Å². The van der Waals surface area contributed by atoms with Crippen molar-refractivity contribution in [3.63, 3.8) is 0 Å². The van der Waals surface area contributed by atoms with Crippen LogP contribution in [0.15, 0.2) is 50.6 Å². The topological polar surface area (TPSA) is 493 Å². The molecule has 0 amide bonds. The van der Waals surface area contributed by atoms with Crippen LogP contribution in [0.3, 0.4) is 0 Å². The number of nitrogens with one attached hydrogen (secondary N) is 4. The Kier molecular flexibility index (Phi) is 46.1. The van der Waals surface area contributed by atoms with Gasteiger partial charge in [0.1, 0.15) is 74.1 Å². The van der Waals surface area contributed by atoms with Gasteiger partial charge in [-0.05, 0) is 143 Å². The molecule has 0 saturated carbocycles. The van der Waals surface area contributed by atoms with Gasteiger partial charge in [-0.1, -0.05) is 50.0 Å². The summed E-state index contributed by atoms with van der Waals surface area (Å²) in [7, 11) is 0. The van der Waals surface area contributed by atoms with Crippen LogP contribution in [0.25, 0.3) is 44.7 Å². The van der Waals surface area contributed by atoms with Gasteiger partial charge in [0.05, 0.1) is 103 Å². The largest absolute Gasteiger partial charge is 0.388 e. The van der Waals surface area contributed by atoms with E-state index in [4.69, 9.17) is 48.4 Å². The first kappa shape index (κ1) is 109. The number of rotatable bonds is 45. The van der Waals surface area contributed by atoms with Gasteiger partial charge in [0.15, 0.2) is 92.8 Å². The SMILES string of the molecule is C.C.C.C.C=P(C)(C)CC[C@H]1O[C@@H](n2cnc3c(NCC)ncnc32)[C@H](O)[C@@H]1O.C=P(C)(C)CC[C@H]1O[C@@H](n2cnc3c(NCCC)ncnc32)[C@H](O)[C@@H]1O.C=P(C)(C)CC[C@H]1O[C@@H](n2cnc3c(NCCCC)ncnc32)[C@H](O)[C@@H]1O.C=P(C)(C)CC[C@H]1O[C@@H](n2cnc3c(NCCCOCCOCCOCCOCCOCCCN)ncnc32)[C@H](O)[C@@H]1O. The molecule has 0 unspecified atom stereocenters. The van der Waals surface area contributed by atoms with E-state index in [0.29, 0.717) is 179 Å². The Balaban J connectivity index is 0.000000300. The van der Waals surface area contributed by atoms with Crippen molar-refractivity contribution in [2.75, 3.05) is 198 Å². The molecule has 8 aromatic rings. The Morgan fingerprint density at radius 2 is 0.584 bits per heavy atom. The Hall–Kier alpha value is -6.12. The molecule has 4 saturated heterocycles. The van der Waals surface area contributed by atoms with Crippen LogP contribution >= 0.6 is 27.5 Å². The van der Waals surface area contributed by atoms with Crippen LogP contribution in [0.1, 0.15) is 133 Å². The number of aromatic nitrogens is 16. The second-order valence-electron chi connectivity index (χ2n) is 33.4. The number of unbranched alkanes of at least 4 members (excludes halogenated alkanes) is 1. The van der Waals surface area contributed by atoms with Crippen molar-refractivity contribution >= 4 is 121 Å². The molecule has 0 spiro atoms. The van der Waals surface area contributed by atoms with Gasteiger partial charge in [0.25, 0.3) is 0 Å². The third-order valence-corrected chi connectivity index (χ3v) is 26.3. The van der Waals surface area contributed by atoms with E-state index in [2.05, 4.69) is 173 Å². The lowest BCUT2D eigenvalue weighted by molar-refractivity contribution is -0.0353. The standard InChI is InChI=1S/C28H51N6O8P.C18H30N5O3P.C17H28N5O3P.C16H26N5O3P.4CH4/c1-43(2,3)19-6-22-24(35)25(36)28(42-22)34-21-33-23-26(31-20-32-27(23)34)30-8-5-10-38-12-14-40-16-18-41-17-15-39-13-11-37-9-4-7-29;1-5-6-8-19-16-13-17(21-10-20-16)23(11-22-13)18-15(25)14(24)12(26-18)7-9-27(2,3)4;1-5-7-18-15-12-16(20-9-19-15)22(10-21-12)17-14(24)13(23)11(25-17)6-8-26(2,3)4;1-5-17-14-11-15(19-8-18-14)21(9-20-11)16-13(23)12(22)10(24-16)6-7-25(2,3)4;;;;/h20-22,24-25,28,35-36H,1,4-19,29H2,2-3H3,(H,30,31,32);10-12,14-15,18,24-25H,2,5-9H2,1,3-4H3,(H,19,20,21);9-11,13-14,17,23-24H,2,5-8H2,1,3-4H3,(H,18,19,20);8-10,12-13,16,22-23H,2,5-7H2,1,3-4H3,(H,17,18,19);4*1H4/t22-,24-,25-,28-;12-,14-,15-,18-;11-,13-,14-,17-;10-,12-,13-,16-;;;;/m1111..../s1. The molecule has 4 aliphatic heterocycles. The lowest BCUT2D eigenvalue weighted by atomic mass is 10.1. The minimum atomic E-state index is -1.27. The minimum Gasteiger partial charge on any atom is -0.388 e. The summed E-state index contributed by atoms with van der Waals surface area (Å²) in [6.45, 7) is 27.4. The summed E-state index contributed by atoms with van der Waals surface area (Å²) >= 11 is 0. The first-order valence-electron chi connectivity index (χ1n) is 41.8. The fourth-order valence-electron chi connectivity index (χ4n) is 13.7. The zero-order valence-electron chi connectivity index (χ0n) is 72.3. The predicted octanol–water partition coefficient (Wildman–Crippen LogP) is 7.42. The summed E-state index contributed by atoms with van der Waals surface area (Å²) in [6.07, 6.45) is 27.2. The van der Waals surface area contributed by atoms with E-state index in [0.717, 1.165) is 69.8 Å². The molecule has 16 atom stereocenters. The van der Waals surface area contributed by atoms with E-state index >= 15 is 0 Å². The highest BCUT2D eigenvalue weighted by Gasteiger charge is 2.48. The van der Waals surface area contributed by atoms with Crippen LogP contribution in [0, 0.1) is 0 Å². The van der Waals surface area contributed by atoms with E-state index in [-0.39, 0.29) is 29.7 Å². The molecule has 14 N–H and O–H groups in total. The van der Waals surface area contributed by atoms with Crippen molar-refractivity contribution in [3.05, 3.63) is 50.6 Å². The Labute approximate surface area is 739 Å².